The minimum absolute atomic E-state index is 0.289. The van der Waals surface area contributed by atoms with Gasteiger partial charge in [0.25, 0.3) is 0 Å². The number of hydrogen-bond acceptors (Lipinski definition) is 2. The standard InChI is InChI=1S/C13H27IO2Si/c1-11(2)15-17(10-14,16-12(3)4)13-8-6-5-7-9-13/h11-13H,5-10H2,1-4H3. The maximum absolute atomic E-state index is 6.35. The van der Waals surface area contributed by atoms with Crippen molar-refractivity contribution in [3.8, 4) is 0 Å². The molecule has 0 amide bonds. The van der Waals surface area contributed by atoms with Crippen LogP contribution in [0.2, 0.25) is 5.54 Å². The van der Waals surface area contributed by atoms with Gasteiger partial charge in [0.2, 0.25) is 0 Å². The van der Waals surface area contributed by atoms with Gasteiger partial charge in [-0.25, -0.2) is 0 Å². The van der Waals surface area contributed by atoms with Gasteiger partial charge in [0.1, 0.15) is 0 Å². The van der Waals surface area contributed by atoms with Crippen LogP contribution in [0.15, 0.2) is 0 Å². The lowest BCUT2D eigenvalue weighted by molar-refractivity contribution is 0.0970. The Morgan fingerprint density at radius 2 is 1.47 bits per heavy atom. The van der Waals surface area contributed by atoms with Crippen molar-refractivity contribution in [1.82, 2.24) is 0 Å². The molecule has 0 radical (unpaired) electrons. The van der Waals surface area contributed by atoms with Crippen LogP contribution in [0.1, 0.15) is 59.8 Å². The first-order chi connectivity index (χ1) is 8.00. The van der Waals surface area contributed by atoms with Gasteiger partial charge in [-0.1, -0.05) is 41.9 Å². The molecule has 0 saturated heterocycles. The van der Waals surface area contributed by atoms with Crippen LogP contribution in [0.5, 0.6) is 0 Å². The molecule has 17 heavy (non-hydrogen) atoms. The topological polar surface area (TPSA) is 18.5 Å². The molecule has 0 atom stereocenters. The summed E-state index contributed by atoms with van der Waals surface area (Å²) in [5.41, 5.74) is 0.706. The van der Waals surface area contributed by atoms with Gasteiger partial charge in [-0.05, 0) is 40.5 Å². The summed E-state index contributed by atoms with van der Waals surface area (Å²) in [6.07, 6.45) is 7.32. The molecule has 0 aromatic carbocycles. The van der Waals surface area contributed by atoms with E-state index >= 15 is 0 Å². The third-order valence-corrected chi connectivity index (χ3v) is 10.4. The largest absolute Gasteiger partial charge is 0.391 e. The monoisotopic (exact) mass is 370 g/mol. The average molecular weight is 370 g/mol. The van der Waals surface area contributed by atoms with Crippen LogP contribution in [-0.2, 0) is 8.85 Å². The fraction of sp³-hybridized carbons (Fsp3) is 1.00. The van der Waals surface area contributed by atoms with Crippen molar-refractivity contribution < 1.29 is 8.85 Å². The summed E-state index contributed by atoms with van der Waals surface area (Å²) in [5.74, 6) is 0. The minimum atomic E-state index is -2.01. The second-order valence-corrected chi connectivity index (χ2v) is 11.1. The van der Waals surface area contributed by atoms with Gasteiger partial charge in [-0.2, -0.15) is 0 Å². The fourth-order valence-corrected chi connectivity index (χ4v) is 9.35. The Bertz CT molecular complexity index is 205. The molecule has 0 heterocycles. The van der Waals surface area contributed by atoms with Gasteiger partial charge in [-0.15, -0.1) is 0 Å². The van der Waals surface area contributed by atoms with Crippen LogP contribution in [0, 0.1) is 0 Å². The van der Waals surface area contributed by atoms with Gasteiger partial charge in [-0.3, -0.25) is 0 Å². The highest BCUT2D eigenvalue weighted by Crippen LogP contribution is 2.40. The van der Waals surface area contributed by atoms with Crippen LogP contribution < -0.4 is 0 Å². The predicted octanol–water partition coefficient (Wildman–Crippen LogP) is 4.59. The molecule has 1 rings (SSSR count). The second kappa shape index (κ2) is 7.45. The minimum Gasteiger partial charge on any atom is -0.391 e. The molecule has 2 nitrogen and oxygen atoms in total. The molecule has 0 aliphatic heterocycles. The van der Waals surface area contributed by atoms with Gasteiger partial charge in [0.15, 0.2) is 0 Å². The van der Waals surface area contributed by atoms with Crippen LogP contribution >= 0.6 is 22.6 Å². The predicted molar refractivity (Wildman–Crippen MR) is 83.9 cm³/mol. The summed E-state index contributed by atoms with van der Waals surface area (Å²) in [7, 11) is -2.01. The molecule has 1 saturated carbocycles. The first kappa shape index (κ1) is 15.9. The van der Waals surface area contributed by atoms with Gasteiger partial charge in [0, 0.05) is 21.8 Å². The summed E-state index contributed by atoms with van der Waals surface area (Å²) >= 11 is 2.48. The highest BCUT2D eigenvalue weighted by Gasteiger charge is 2.46. The maximum Gasteiger partial charge on any atom is 0.351 e. The molecule has 0 N–H and O–H groups in total. The quantitative estimate of drug-likeness (QED) is 0.387. The highest BCUT2D eigenvalue weighted by molar-refractivity contribution is 14.1. The van der Waals surface area contributed by atoms with Crippen LogP contribution in [-0.4, -0.2) is 24.8 Å². The summed E-state index contributed by atoms with van der Waals surface area (Å²) in [6.45, 7) is 8.56. The van der Waals surface area contributed by atoms with Crippen LogP contribution in [0.4, 0.5) is 0 Å². The van der Waals surface area contributed by atoms with E-state index in [4.69, 9.17) is 8.85 Å². The lowest BCUT2D eigenvalue weighted by Crippen LogP contribution is -2.52. The molecule has 0 unspecified atom stereocenters. The molecule has 0 bridgehead atoms. The van der Waals surface area contributed by atoms with Crippen molar-refractivity contribution in [2.45, 2.75) is 77.5 Å². The molecule has 1 aliphatic rings. The van der Waals surface area contributed by atoms with E-state index in [9.17, 15) is 0 Å². The third-order valence-electron chi connectivity index (χ3n) is 3.28. The number of hydrogen-bond donors (Lipinski definition) is 0. The lowest BCUT2D eigenvalue weighted by Gasteiger charge is -2.40. The Labute approximate surface area is 121 Å². The number of rotatable bonds is 6. The van der Waals surface area contributed by atoms with Gasteiger partial charge < -0.3 is 8.85 Å². The van der Waals surface area contributed by atoms with Crippen molar-refractivity contribution in [3.05, 3.63) is 0 Å². The SMILES string of the molecule is CC(C)O[Si](CI)(OC(C)C)C1CCCCC1. The van der Waals surface area contributed by atoms with Crippen molar-refractivity contribution >= 4 is 31.2 Å². The molecule has 1 aliphatic carbocycles. The normalized spacial score (nSPS) is 19.2. The van der Waals surface area contributed by atoms with E-state index in [2.05, 4.69) is 50.3 Å². The number of halogens is 1. The smallest absolute Gasteiger partial charge is 0.351 e. The zero-order valence-corrected chi connectivity index (χ0v) is 14.8. The Morgan fingerprint density at radius 3 is 1.82 bits per heavy atom. The van der Waals surface area contributed by atoms with E-state index in [0.29, 0.717) is 5.54 Å². The molecule has 4 heteroatoms. The highest BCUT2D eigenvalue weighted by atomic mass is 127. The first-order valence-corrected chi connectivity index (χ1v) is 10.5. The Morgan fingerprint density at radius 1 is 1.00 bits per heavy atom. The third kappa shape index (κ3) is 4.80. The van der Waals surface area contributed by atoms with Gasteiger partial charge >= 0.3 is 8.56 Å². The molecule has 0 spiro atoms. The summed E-state index contributed by atoms with van der Waals surface area (Å²) < 4.78 is 13.8. The van der Waals surface area contributed by atoms with E-state index in [-0.39, 0.29) is 12.2 Å². The van der Waals surface area contributed by atoms with E-state index in [1.165, 1.54) is 32.1 Å². The summed E-state index contributed by atoms with van der Waals surface area (Å²) in [6, 6.07) is 0. The van der Waals surface area contributed by atoms with E-state index in [1.807, 2.05) is 0 Å². The van der Waals surface area contributed by atoms with Crippen molar-refractivity contribution in [1.29, 1.82) is 0 Å². The Kier molecular flexibility index (Phi) is 6.98. The molecule has 102 valence electrons. The van der Waals surface area contributed by atoms with E-state index in [1.54, 1.807) is 0 Å². The van der Waals surface area contributed by atoms with Crippen LogP contribution in [0.25, 0.3) is 0 Å². The maximum atomic E-state index is 6.35. The van der Waals surface area contributed by atoms with Crippen molar-refractivity contribution in [2.75, 3.05) is 4.05 Å². The first-order valence-electron chi connectivity index (χ1n) is 6.92. The zero-order chi connectivity index (χ0) is 12.9. The van der Waals surface area contributed by atoms with Crippen LogP contribution in [0.3, 0.4) is 0 Å². The lowest BCUT2D eigenvalue weighted by atomic mass is 10.0. The Balaban J connectivity index is 2.79. The van der Waals surface area contributed by atoms with Gasteiger partial charge in [0.05, 0.1) is 0 Å². The second-order valence-electron chi connectivity index (χ2n) is 5.61. The van der Waals surface area contributed by atoms with Crippen molar-refractivity contribution in [2.24, 2.45) is 0 Å². The molecule has 1 fully saturated rings. The Hall–Kier alpha value is 0.867. The van der Waals surface area contributed by atoms with E-state index in [0.717, 1.165) is 4.05 Å². The molecule has 0 aromatic heterocycles. The fourth-order valence-electron chi connectivity index (χ4n) is 2.73. The molecular weight excluding hydrogens is 343 g/mol. The molecule has 0 aromatic rings. The average Bonchev–Trinajstić information content (AvgIpc) is 2.28. The number of alkyl halides is 1. The molecular formula is C13H27IO2Si. The summed E-state index contributed by atoms with van der Waals surface area (Å²) in [4.78, 5) is 0. The van der Waals surface area contributed by atoms with Crippen molar-refractivity contribution in [3.63, 3.8) is 0 Å². The summed E-state index contributed by atoms with van der Waals surface area (Å²) in [5, 5.41) is 0. The zero-order valence-electron chi connectivity index (χ0n) is 11.7. The van der Waals surface area contributed by atoms with E-state index < -0.39 is 8.56 Å².